The Kier molecular flexibility index (Phi) is 2.76. The van der Waals surface area contributed by atoms with Gasteiger partial charge in [0, 0.05) is 0 Å². The third kappa shape index (κ3) is 2.30. The fraction of sp³-hybridized carbons (Fsp3) is 0.286. The fourth-order valence-corrected chi connectivity index (χ4v) is 1.16. The Labute approximate surface area is 84.6 Å². The van der Waals surface area contributed by atoms with E-state index >= 15 is 0 Å². The van der Waals surface area contributed by atoms with Gasteiger partial charge in [-0.05, 0) is 23.7 Å². The lowest BCUT2D eigenvalue weighted by Crippen LogP contribution is -2.13. The van der Waals surface area contributed by atoms with E-state index in [0.29, 0.717) is 24.1 Å². The number of furan rings is 1. The molecule has 14 heavy (non-hydrogen) atoms. The molecule has 2 aromatic rings. The molecule has 6 nitrogen and oxygen atoms in total. The van der Waals surface area contributed by atoms with E-state index in [-0.39, 0.29) is 0 Å². The Bertz CT molecular complexity index is 384. The van der Waals surface area contributed by atoms with Crippen LogP contribution in [-0.4, -0.2) is 20.6 Å². The fourth-order valence-electron chi connectivity index (χ4n) is 1.00. The van der Waals surface area contributed by atoms with Gasteiger partial charge in [-0.25, -0.2) is 0 Å². The predicted molar refractivity (Wildman–Crippen MR) is 48.4 cm³/mol. The third-order valence-corrected chi connectivity index (χ3v) is 1.80. The van der Waals surface area contributed by atoms with Gasteiger partial charge < -0.3 is 9.73 Å². The van der Waals surface area contributed by atoms with Gasteiger partial charge in [0.05, 0.1) is 13.1 Å². The van der Waals surface area contributed by atoms with Crippen LogP contribution in [0.4, 0.5) is 0 Å². The second-order valence-corrected chi connectivity index (χ2v) is 3.01. The third-order valence-electron chi connectivity index (χ3n) is 1.60. The molecule has 0 amide bonds. The number of halogens is 1. The molecule has 0 unspecified atom stereocenters. The molecule has 0 atom stereocenters. The van der Waals surface area contributed by atoms with Crippen molar-refractivity contribution >= 4 is 11.6 Å². The van der Waals surface area contributed by atoms with Gasteiger partial charge in [0.15, 0.2) is 11.0 Å². The maximum atomic E-state index is 5.60. The van der Waals surface area contributed by atoms with Gasteiger partial charge in [0.25, 0.3) is 0 Å². The van der Waals surface area contributed by atoms with Gasteiger partial charge in [0.2, 0.25) is 0 Å². The minimum atomic E-state index is 0.390. The van der Waals surface area contributed by atoms with Gasteiger partial charge in [0.1, 0.15) is 5.76 Å². The van der Waals surface area contributed by atoms with Crippen molar-refractivity contribution in [1.29, 1.82) is 0 Å². The first-order chi connectivity index (χ1) is 6.84. The quantitative estimate of drug-likeness (QED) is 0.783. The van der Waals surface area contributed by atoms with Crippen LogP contribution in [0.2, 0.25) is 5.22 Å². The molecule has 2 aromatic heterocycles. The summed E-state index contributed by atoms with van der Waals surface area (Å²) in [5.74, 6) is 1.39. The predicted octanol–water partition coefficient (Wildman–Crippen LogP) is 0.736. The number of H-pyrrole nitrogens is 1. The summed E-state index contributed by atoms with van der Waals surface area (Å²) in [5.41, 5.74) is 0. The maximum absolute atomic E-state index is 5.60. The lowest BCUT2D eigenvalue weighted by Gasteiger charge is -1.97. The molecule has 2 rings (SSSR count). The minimum absolute atomic E-state index is 0.390. The van der Waals surface area contributed by atoms with Crippen LogP contribution in [-0.2, 0) is 13.1 Å². The molecular weight excluding hydrogens is 206 g/mol. The highest BCUT2D eigenvalue weighted by Crippen LogP contribution is 2.12. The molecule has 0 fully saturated rings. The van der Waals surface area contributed by atoms with Gasteiger partial charge in [-0.1, -0.05) is 5.21 Å². The largest absolute Gasteiger partial charge is 0.448 e. The Morgan fingerprint density at radius 1 is 1.43 bits per heavy atom. The number of nitrogens with zero attached hydrogens (tertiary/aromatic N) is 3. The maximum Gasteiger partial charge on any atom is 0.193 e. The Morgan fingerprint density at radius 2 is 2.36 bits per heavy atom. The van der Waals surface area contributed by atoms with Gasteiger partial charge >= 0.3 is 0 Å². The standard InChI is InChI=1S/C7H8ClN5O/c8-6-2-1-5(14-6)3-9-4-7-10-12-13-11-7/h1-2,9H,3-4H2,(H,10,11,12,13). The second-order valence-electron chi connectivity index (χ2n) is 2.64. The molecule has 2 N–H and O–H groups in total. The van der Waals surface area contributed by atoms with E-state index in [1.165, 1.54) is 0 Å². The van der Waals surface area contributed by atoms with Crippen LogP contribution in [0.15, 0.2) is 16.5 Å². The highest BCUT2D eigenvalue weighted by molar-refractivity contribution is 6.28. The summed E-state index contributed by atoms with van der Waals surface area (Å²) in [4.78, 5) is 0. The van der Waals surface area contributed by atoms with Gasteiger partial charge in [-0.15, -0.1) is 10.2 Å². The Hall–Kier alpha value is -1.40. The molecule has 0 aromatic carbocycles. The van der Waals surface area contributed by atoms with Crippen molar-refractivity contribution in [3.05, 3.63) is 28.9 Å². The number of aromatic nitrogens is 4. The Balaban J connectivity index is 1.78. The first-order valence-electron chi connectivity index (χ1n) is 4.02. The lowest BCUT2D eigenvalue weighted by atomic mass is 10.4. The zero-order valence-electron chi connectivity index (χ0n) is 7.20. The average molecular weight is 214 g/mol. The van der Waals surface area contributed by atoms with Crippen LogP contribution < -0.4 is 5.32 Å². The van der Waals surface area contributed by atoms with Crippen LogP contribution in [0.5, 0.6) is 0 Å². The van der Waals surface area contributed by atoms with Crippen molar-refractivity contribution in [3.8, 4) is 0 Å². The van der Waals surface area contributed by atoms with E-state index in [1.807, 2.05) is 6.07 Å². The Morgan fingerprint density at radius 3 is 3.00 bits per heavy atom. The molecule has 7 heteroatoms. The molecule has 0 saturated carbocycles. The summed E-state index contributed by atoms with van der Waals surface area (Å²) in [7, 11) is 0. The number of nitrogens with one attached hydrogen (secondary N) is 2. The number of hydrogen-bond donors (Lipinski definition) is 2. The summed E-state index contributed by atoms with van der Waals surface area (Å²) < 4.78 is 5.14. The zero-order valence-corrected chi connectivity index (χ0v) is 7.95. The summed E-state index contributed by atoms with van der Waals surface area (Å²) in [6, 6.07) is 3.51. The van der Waals surface area contributed by atoms with Crippen LogP contribution >= 0.6 is 11.6 Å². The lowest BCUT2D eigenvalue weighted by molar-refractivity contribution is 0.482. The van der Waals surface area contributed by atoms with Crippen LogP contribution in [0.25, 0.3) is 0 Å². The van der Waals surface area contributed by atoms with Crippen LogP contribution in [0, 0.1) is 0 Å². The van der Waals surface area contributed by atoms with E-state index in [9.17, 15) is 0 Å². The molecular formula is C7H8ClN5O. The molecule has 0 aliphatic rings. The smallest absolute Gasteiger partial charge is 0.193 e. The average Bonchev–Trinajstić information content (AvgIpc) is 2.77. The number of aromatic amines is 1. The SMILES string of the molecule is Clc1ccc(CNCc2nn[nH]n2)o1. The van der Waals surface area contributed by atoms with E-state index in [4.69, 9.17) is 16.0 Å². The molecule has 0 radical (unpaired) electrons. The number of tetrazole rings is 1. The first-order valence-corrected chi connectivity index (χ1v) is 4.39. The molecule has 0 saturated heterocycles. The highest BCUT2D eigenvalue weighted by atomic mass is 35.5. The first kappa shape index (κ1) is 9.17. The van der Waals surface area contributed by atoms with Crippen molar-refractivity contribution in [1.82, 2.24) is 25.9 Å². The summed E-state index contributed by atoms with van der Waals surface area (Å²) >= 11 is 5.60. The van der Waals surface area contributed by atoms with Crippen LogP contribution in [0.3, 0.4) is 0 Å². The van der Waals surface area contributed by atoms with E-state index in [2.05, 4.69) is 25.9 Å². The molecule has 74 valence electrons. The van der Waals surface area contributed by atoms with Crippen molar-refractivity contribution in [2.24, 2.45) is 0 Å². The summed E-state index contributed by atoms with van der Waals surface area (Å²) in [5, 5.41) is 16.8. The van der Waals surface area contributed by atoms with Crippen molar-refractivity contribution in [2.75, 3.05) is 0 Å². The number of rotatable bonds is 4. The van der Waals surface area contributed by atoms with Crippen molar-refractivity contribution < 1.29 is 4.42 Å². The normalized spacial score (nSPS) is 10.6. The van der Waals surface area contributed by atoms with E-state index in [1.54, 1.807) is 6.07 Å². The topological polar surface area (TPSA) is 79.6 Å². The monoisotopic (exact) mass is 213 g/mol. The van der Waals surface area contributed by atoms with Crippen molar-refractivity contribution in [3.63, 3.8) is 0 Å². The minimum Gasteiger partial charge on any atom is -0.448 e. The number of hydrogen-bond acceptors (Lipinski definition) is 5. The summed E-state index contributed by atoms with van der Waals surface area (Å²) in [6.45, 7) is 1.12. The van der Waals surface area contributed by atoms with Crippen molar-refractivity contribution in [2.45, 2.75) is 13.1 Å². The molecule has 0 aliphatic heterocycles. The second kappa shape index (κ2) is 4.21. The molecule has 2 heterocycles. The highest BCUT2D eigenvalue weighted by Gasteiger charge is 2.00. The van der Waals surface area contributed by atoms with Crippen LogP contribution in [0.1, 0.15) is 11.6 Å². The van der Waals surface area contributed by atoms with Gasteiger partial charge in [-0.2, -0.15) is 5.21 Å². The molecule has 0 aliphatic carbocycles. The van der Waals surface area contributed by atoms with E-state index in [0.717, 1.165) is 5.76 Å². The van der Waals surface area contributed by atoms with Gasteiger partial charge in [-0.3, -0.25) is 0 Å². The van der Waals surface area contributed by atoms with E-state index < -0.39 is 0 Å². The summed E-state index contributed by atoms with van der Waals surface area (Å²) in [6.07, 6.45) is 0. The molecule has 0 bridgehead atoms. The zero-order chi connectivity index (χ0) is 9.80. The molecule has 0 spiro atoms.